The summed E-state index contributed by atoms with van der Waals surface area (Å²) in [5, 5.41) is 5.25. The third kappa shape index (κ3) is 12.2. The number of nitrogens with zero attached hydrogens (tertiary/aromatic N) is 4. The van der Waals surface area contributed by atoms with E-state index in [0.717, 1.165) is 35.2 Å². The Kier molecular flexibility index (Phi) is 21.3. The van der Waals surface area contributed by atoms with Gasteiger partial charge < -0.3 is 39.9 Å². The number of nitrogens with one attached hydrogen (secondary N) is 4. The van der Waals surface area contributed by atoms with Crippen molar-refractivity contribution >= 4 is 103 Å². The minimum absolute atomic E-state index is 0. The van der Waals surface area contributed by atoms with Gasteiger partial charge in [0.25, 0.3) is 0 Å². The second kappa shape index (κ2) is 23.7. The highest BCUT2D eigenvalue weighted by atomic mass is 32.1. The number of hydrogen-bond acceptors (Lipinski definition) is 8. The summed E-state index contributed by atoms with van der Waals surface area (Å²) in [5.74, 6) is 6.64. The van der Waals surface area contributed by atoms with E-state index in [4.69, 9.17) is 9.47 Å². The second-order valence-electron chi connectivity index (χ2n) is 14.6. The average Bonchev–Trinajstić information content (AvgIpc) is 4.00. The Labute approximate surface area is 384 Å². The predicted octanol–water partition coefficient (Wildman–Crippen LogP) is 5.95. The smallest absolute Gasteiger partial charge is 0.407 e. The summed E-state index contributed by atoms with van der Waals surface area (Å²) in [4.78, 5) is 70.1. The van der Waals surface area contributed by atoms with Gasteiger partial charge in [-0.15, -0.1) is 0 Å². The van der Waals surface area contributed by atoms with E-state index >= 15 is 0 Å². The fraction of sp³-hybridized carbons (Fsp3) is 0.450. The molecular formula is C40H57FN8O6S5. The molecule has 2 aromatic carbocycles. The van der Waals surface area contributed by atoms with Crippen molar-refractivity contribution in [2.45, 2.75) is 77.3 Å². The molecule has 2 aromatic heterocycles. The number of rotatable bonds is 9. The Morgan fingerprint density at radius 1 is 0.783 bits per heavy atom. The van der Waals surface area contributed by atoms with Gasteiger partial charge in [-0.25, -0.2) is 23.9 Å². The Bertz CT molecular complexity index is 2130. The number of methoxy groups -OCH3 is 2. The summed E-state index contributed by atoms with van der Waals surface area (Å²) < 4.78 is 24.2. The van der Waals surface area contributed by atoms with Crippen LogP contribution in [-0.4, -0.2) is 99.3 Å². The van der Waals surface area contributed by atoms with Gasteiger partial charge in [-0.1, -0.05) is 51.7 Å². The fourth-order valence-electron chi connectivity index (χ4n) is 7.15. The molecule has 6 rings (SSSR count). The van der Waals surface area contributed by atoms with E-state index in [2.05, 4.69) is 42.4 Å². The number of ether oxygens (including phenoxy) is 2. The van der Waals surface area contributed by atoms with E-state index in [1.54, 1.807) is 24.9 Å². The van der Waals surface area contributed by atoms with Gasteiger partial charge in [0.1, 0.15) is 29.9 Å². The molecule has 0 radical (unpaired) electrons. The Morgan fingerprint density at radius 2 is 1.35 bits per heavy atom. The van der Waals surface area contributed by atoms with Crippen molar-refractivity contribution in [2.24, 2.45) is 11.8 Å². The van der Waals surface area contributed by atoms with Crippen LogP contribution in [0.2, 0.25) is 0 Å². The molecule has 0 spiro atoms. The first-order valence-corrected chi connectivity index (χ1v) is 18.5. The van der Waals surface area contributed by atoms with Gasteiger partial charge in [-0.3, -0.25) is 9.59 Å². The number of aromatic amines is 2. The zero-order chi connectivity index (χ0) is 39.4. The van der Waals surface area contributed by atoms with Gasteiger partial charge in [0, 0.05) is 24.1 Å². The number of halogens is 1. The number of alkyl carbamates (subject to hydrolysis) is 2. The molecule has 2 aliphatic rings. The Morgan fingerprint density at radius 3 is 1.93 bits per heavy atom. The van der Waals surface area contributed by atoms with Crippen molar-refractivity contribution in [3.8, 4) is 23.1 Å². The van der Waals surface area contributed by atoms with Crippen LogP contribution >= 0.6 is 67.5 Å². The van der Waals surface area contributed by atoms with Crippen LogP contribution in [-0.2, 0) is 19.1 Å². The van der Waals surface area contributed by atoms with E-state index in [1.807, 2.05) is 56.3 Å². The van der Waals surface area contributed by atoms with Crippen LogP contribution in [0.15, 0.2) is 48.7 Å². The van der Waals surface area contributed by atoms with Gasteiger partial charge in [-0.2, -0.15) is 67.5 Å². The summed E-state index contributed by atoms with van der Waals surface area (Å²) in [5.41, 5.74) is 4.63. The van der Waals surface area contributed by atoms with Crippen molar-refractivity contribution in [1.82, 2.24) is 40.4 Å². The molecule has 0 unspecified atom stereocenters. The maximum absolute atomic E-state index is 14.8. The molecular weight excluding hydrogens is 868 g/mol. The molecule has 0 aliphatic carbocycles. The zero-order valence-electron chi connectivity index (χ0n) is 34.3. The molecule has 0 saturated carbocycles. The minimum Gasteiger partial charge on any atom is -0.453 e. The van der Waals surface area contributed by atoms with E-state index in [0.29, 0.717) is 29.2 Å². The summed E-state index contributed by atoms with van der Waals surface area (Å²) in [7, 11) is 2.50. The molecule has 0 bridgehead atoms. The zero-order valence-corrected chi connectivity index (χ0v) is 39.3. The first kappa shape index (κ1) is 53.9. The first-order chi connectivity index (χ1) is 26.4. The topological polar surface area (TPSA) is 175 Å². The highest BCUT2D eigenvalue weighted by molar-refractivity contribution is 7.60. The number of alkyl halides is 1. The van der Waals surface area contributed by atoms with E-state index in [9.17, 15) is 23.6 Å². The van der Waals surface area contributed by atoms with Gasteiger partial charge >= 0.3 is 12.2 Å². The number of likely N-dealkylation sites (tertiary alicyclic amines) is 2. The standard InChI is InChI=1S/C40H47FN8O6.5H2S/c1-22(2)33(46-39(52)54-5)37(50)48-17-7-8-31(48)35-42-20-30(45-35)26-14-11-24(12-15-26)9-10-25-13-16-28-29(18-25)44-36(43-28)32-19-27(41)21-49(32)38(51)34(23(3)4)47-40(53)55-6;;;;;/h11-16,18,20,22-23,27,31-34H,7-8,17,19,21H2,1-6H3,(H,42,45)(H,43,44)(H,46,52)(H,47,53);5*1H2/t27-,31-,32-,33-,34-;;;;;/m0...../s1. The van der Waals surface area contributed by atoms with Gasteiger partial charge in [0.05, 0.1) is 55.8 Å². The lowest BCUT2D eigenvalue weighted by molar-refractivity contribution is -0.136. The molecule has 60 heavy (non-hydrogen) atoms. The molecule has 4 N–H and O–H groups in total. The molecule has 330 valence electrons. The van der Waals surface area contributed by atoms with Crippen molar-refractivity contribution in [3.05, 3.63) is 71.4 Å². The molecule has 2 saturated heterocycles. The Hall–Kier alpha value is -4.16. The highest BCUT2D eigenvalue weighted by Gasteiger charge is 2.42. The molecule has 20 heteroatoms. The van der Waals surface area contributed by atoms with Crippen LogP contribution in [0.25, 0.3) is 22.3 Å². The Balaban J connectivity index is 0.00000360. The fourth-order valence-corrected chi connectivity index (χ4v) is 7.15. The lowest BCUT2D eigenvalue weighted by Crippen LogP contribution is -2.51. The largest absolute Gasteiger partial charge is 0.453 e. The van der Waals surface area contributed by atoms with E-state index in [-0.39, 0.29) is 104 Å². The predicted molar refractivity (Wildman–Crippen MR) is 254 cm³/mol. The van der Waals surface area contributed by atoms with Gasteiger partial charge in [0.2, 0.25) is 11.8 Å². The molecule has 4 aromatic rings. The molecule has 14 nitrogen and oxygen atoms in total. The molecule has 4 amide bonds. The number of H-pyrrole nitrogens is 2. The van der Waals surface area contributed by atoms with Crippen molar-refractivity contribution in [1.29, 1.82) is 0 Å². The van der Waals surface area contributed by atoms with Crippen LogP contribution in [0.3, 0.4) is 0 Å². The third-order valence-electron chi connectivity index (χ3n) is 10.1. The van der Waals surface area contributed by atoms with Crippen LogP contribution in [0.5, 0.6) is 0 Å². The monoisotopic (exact) mass is 924 g/mol. The van der Waals surface area contributed by atoms with Crippen LogP contribution in [0.1, 0.15) is 81.8 Å². The SMILES string of the molecule is COC(=O)N[C@H](C(=O)N1CCC[C@H]1c1ncc(-c2ccc(C#Cc3ccc4nc([C@@H]5C[C@H](F)CN5C(=O)[C@@H](NC(=O)OC)C(C)C)[nH]c4c3)cc2)[nH]1)C(C)C.S.S.S.S.S. The first-order valence-electron chi connectivity index (χ1n) is 18.5. The maximum atomic E-state index is 14.8. The maximum Gasteiger partial charge on any atom is 0.407 e. The quantitative estimate of drug-likeness (QED) is 0.149. The average molecular weight is 925 g/mol. The van der Waals surface area contributed by atoms with E-state index < -0.39 is 42.4 Å². The number of hydrogen-bond donors (Lipinski definition) is 4. The van der Waals surface area contributed by atoms with Crippen molar-refractivity contribution in [2.75, 3.05) is 27.3 Å². The van der Waals surface area contributed by atoms with E-state index in [1.165, 1.54) is 19.1 Å². The van der Waals surface area contributed by atoms with Crippen LogP contribution in [0.4, 0.5) is 14.0 Å². The van der Waals surface area contributed by atoms with Gasteiger partial charge in [-0.05, 0) is 60.6 Å². The van der Waals surface area contributed by atoms with Crippen LogP contribution in [0, 0.1) is 23.7 Å². The molecule has 2 aliphatic heterocycles. The van der Waals surface area contributed by atoms with Crippen molar-refractivity contribution < 1.29 is 33.0 Å². The summed E-state index contributed by atoms with van der Waals surface area (Å²) in [6.45, 7) is 7.85. The molecule has 4 heterocycles. The molecule has 2 fully saturated rings. The van der Waals surface area contributed by atoms with Crippen molar-refractivity contribution in [3.63, 3.8) is 0 Å². The summed E-state index contributed by atoms with van der Waals surface area (Å²) in [6, 6.07) is 10.9. The second-order valence-corrected chi connectivity index (χ2v) is 14.6. The molecule has 5 atom stereocenters. The lowest BCUT2D eigenvalue weighted by atomic mass is 10.0. The number of benzene rings is 2. The number of fused-ring (bicyclic) bond motifs is 1. The van der Waals surface area contributed by atoms with Gasteiger partial charge in [0.15, 0.2) is 0 Å². The highest BCUT2D eigenvalue weighted by Crippen LogP contribution is 2.35. The summed E-state index contributed by atoms with van der Waals surface area (Å²) >= 11 is 0. The van der Waals surface area contributed by atoms with Crippen LogP contribution < -0.4 is 10.6 Å². The normalized spacial score (nSPS) is 17.6. The minimum atomic E-state index is -1.23. The number of carbonyl (C=O) groups excluding carboxylic acids is 4. The number of amides is 4. The number of aromatic nitrogens is 4. The summed E-state index contributed by atoms with van der Waals surface area (Å²) in [6.07, 6.45) is 0.832. The number of carbonyl (C=O) groups is 4. The lowest BCUT2D eigenvalue weighted by Gasteiger charge is -2.30. The number of imidazole rings is 2. The third-order valence-corrected chi connectivity index (χ3v) is 10.1.